The van der Waals surface area contributed by atoms with Crippen LogP contribution >= 0.6 is 11.3 Å². The molecule has 0 aliphatic carbocycles. The molecule has 0 radical (unpaired) electrons. The van der Waals surface area contributed by atoms with Gasteiger partial charge in [-0.15, -0.1) is 10.2 Å². The van der Waals surface area contributed by atoms with Gasteiger partial charge in [0, 0.05) is 14.1 Å². The molecule has 9 nitrogen and oxygen atoms in total. The molecule has 0 saturated heterocycles. The van der Waals surface area contributed by atoms with E-state index >= 15 is 0 Å². The van der Waals surface area contributed by atoms with Crippen molar-refractivity contribution in [1.82, 2.24) is 18.5 Å². The zero-order valence-electron chi connectivity index (χ0n) is 14.9. The number of benzene rings is 1. The van der Waals surface area contributed by atoms with E-state index in [1.807, 2.05) is 24.3 Å². The average Bonchev–Trinajstić information content (AvgIpc) is 3.20. The van der Waals surface area contributed by atoms with Gasteiger partial charge in [0.2, 0.25) is 15.8 Å². The van der Waals surface area contributed by atoms with Crippen LogP contribution in [0.25, 0.3) is 16.1 Å². The van der Waals surface area contributed by atoms with Gasteiger partial charge in [-0.05, 0) is 24.1 Å². The maximum absolute atomic E-state index is 12.5. The van der Waals surface area contributed by atoms with Crippen LogP contribution < -0.4 is 11.2 Å². The molecule has 0 saturated carbocycles. The molecule has 3 heterocycles. The minimum Gasteiger partial charge on any atom is -0.492 e. The minimum absolute atomic E-state index is 0.122. The Morgan fingerprint density at radius 1 is 1.11 bits per heavy atom. The molecule has 1 aromatic carbocycles. The monoisotopic (exact) mass is 384 g/mol. The number of aryl methyl sites for hydroxylation is 2. The quantitative estimate of drug-likeness (QED) is 0.548. The van der Waals surface area contributed by atoms with Crippen molar-refractivity contribution in [3.63, 3.8) is 0 Å². The Morgan fingerprint density at radius 2 is 1.81 bits per heavy atom. The number of imidazole rings is 1. The van der Waals surface area contributed by atoms with Gasteiger partial charge >= 0.3 is 5.69 Å². The highest BCUT2D eigenvalue weighted by molar-refractivity contribution is 7.21. The van der Waals surface area contributed by atoms with E-state index < -0.39 is 11.2 Å². The van der Waals surface area contributed by atoms with E-state index in [0.29, 0.717) is 10.6 Å². The molecule has 0 amide bonds. The van der Waals surface area contributed by atoms with E-state index in [2.05, 4.69) is 22.1 Å². The fraction of sp³-hybridized carbons (Fsp3) is 0.235. The molecule has 0 aliphatic rings. The van der Waals surface area contributed by atoms with Crippen LogP contribution in [0.5, 0.6) is 5.88 Å². The smallest absolute Gasteiger partial charge is 0.332 e. The molecule has 0 fully saturated rings. The molecule has 27 heavy (non-hydrogen) atoms. The lowest BCUT2D eigenvalue weighted by Gasteiger charge is -2.02. The lowest BCUT2D eigenvalue weighted by molar-refractivity contribution is 0.452. The van der Waals surface area contributed by atoms with Crippen LogP contribution in [-0.4, -0.2) is 23.6 Å². The second-order valence-corrected chi connectivity index (χ2v) is 7.01. The van der Waals surface area contributed by atoms with Gasteiger partial charge < -0.3 is 5.11 Å². The van der Waals surface area contributed by atoms with Crippen molar-refractivity contribution in [2.75, 3.05) is 0 Å². The second kappa shape index (κ2) is 6.16. The van der Waals surface area contributed by atoms with Crippen molar-refractivity contribution < 1.29 is 5.11 Å². The number of rotatable bonds is 3. The van der Waals surface area contributed by atoms with Gasteiger partial charge in [-0.1, -0.05) is 30.4 Å². The number of azo groups is 1. The molecule has 138 valence electrons. The molecule has 0 aliphatic heterocycles. The van der Waals surface area contributed by atoms with Gasteiger partial charge in [0.1, 0.15) is 0 Å². The van der Waals surface area contributed by atoms with Crippen LogP contribution in [0, 0.1) is 0 Å². The third-order valence-corrected chi connectivity index (χ3v) is 5.33. The third-order valence-electron chi connectivity index (χ3n) is 4.42. The number of thiazole rings is 1. The predicted molar refractivity (Wildman–Crippen MR) is 103 cm³/mol. The lowest BCUT2D eigenvalue weighted by Crippen LogP contribution is -2.37. The molecular weight excluding hydrogens is 368 g/mol. The van der Waals surface area contributed by atoms with Gasteiger partial charge in [-0.3, -0.25) is 13.9 Å². The lowest BCUT2D eigenvalue weighted by atomic mass is 10.2. The summed E-state index contributed by atoms with van der Waals surface area (Å²) in [5, 5.41) is 19.0. The van der Waals surface area contributed by atoms with Gasteiger partial charge in [0.25, 0.3) is 5.56 Å². The molecule has 0 bridgehead atoms. The highest BCUT2D eigenvalue weighted by atomic mass is 32.1. The second-order valence-electron chi connectivity index (χ2n) is 6.06. The van der Waals surface area contributed by atoms with Crippen molar-refractivity contribution in [2.45, 2.75) is 13.3 Å². The van der Waals surface area contributed by atoms with Gasteiger partial charge in [0.05, 0.1) is 5.69 Å². The van der Waals surface area contributed by atoms with E-state index in [1.54, 1.807) is 0 Å². The van der Waals surface area contributed by atoms with Crippen LogP contribution in [0.2, 0.25) is 0 Å². The number of hydrogen-bond donors (Lipinski definition) is 1. The number of aromatic hydroxyl groups is 1. The molecule has 3 aromatic heterocycles. The summed E-state index contributed by atoms with van der Waals surface area (Å²) in [6.07, 6.45) is 0.935. The SMILES string of the molecule is CCc1ccc(N=Nc2sc3nc4c(c(=O)n(C)c(=O)n4C)n3c2O)cc1. The molecule has 4 aromatic rings. The molecule has 0 atom stereocenters. The van der Waals surface area contributed by atoms with Crippen LogP contribution in [0.15, 0.2) is 44.1 Å². The highest BCUT2D eigenvalue weighted by Gasteiger charge is 2.21. The standard InChI is InChI=1S/C17H16N6O3S/c1-4-9-5-7-10(8-6-9)19-20-13-15(25)23-11-12(18-16(23)27-13)21(2)17(26)22(3)14(11)24/h5-8,25H,4H2,1-3H3. The van der Waals surface area contributed by atoms with Crippen LogP contribution in [0.4, 0.5) is 10.7 Å². The summed E-state index contributed by atoms with van der Waals surface area (Å²) in [5.41, 5.74) is 1.17. The fourth-order valence-electron chi connectivity index (χ4n) is 2.83. The number of hydrogen-bond acceptors (Lipinski definition) is 7. The summed E-state index contributed by atoms with van der Waals surface area (Å²) < 4.78 is 3.55. The van der Waals surface area contributed by atoms with E-state index in [4.69, 9.17) is 0 Å². The summed E-state index contributed by atoms with van der Waals surface area (Å²) >= 11 is 1.08. The van der Waals surface area contributed by atoms with Gasteiger partial charge in [-0.25, -0.2) is 9.20 Å². The molecular formula is C17H16N6O3S. The van der Waals surface area contributed by atoms with Crippen molar-refractivity contribution in [3.05, 3.63) is 50.7 Å². The molecule has 10 heteroatoms. The van der Waals surface area contributed by atoms with E-state index in [1.165, 1.54) is 28.6 Å². The highest BCUT2D eigenvalue weighted by Crippen LogP contribution is 2.38. The predicted octanol–water partition coefficient (Wildman–Crippen LogP) is 2.63. The Labute approximate surface area is 156 Å². The first-order valence-electron chi connectivity index (χ1n) is 8.23. The number of fused-ring (bicyclic) bond motifs is 3. The van der Waals surface area contributed by atoms with E-state index in [-0.39, 0.29) is 22.0 Å². The number of aromatic nitrogens is 4. The van der Waals surface area contributed by atoms with Crippen molar-refractivity contribution >= 4 is 38.2 Å². The topological polar surface area (TPSA) is 106 Å². The summed E-state index contributed by atoms with van der Waals surface area (Å²) in [6.45, 7) is 2.07. The average molecular weight is 384 g/mol. The van der Waals surface area contributed by atoms with E-state index in [0.717, 1.165) is 22.3 Å². The van der Waals surface area contributed by atoms with Gasteiger partial charge in [-0.2, -0.15) is 4.98 Å². The third kappa shape index (κ3) is 2.56. The Bertz CT molecular complexity index is 1320. The maximum Gasteiger partial charge on any atom is 0.332 e. The Hall–Kier alpha value is -3.27. The molecule has 0 spiro atoms. The fourth-order valence-corrected chi connectivity index (χ4v) is 3.67. The summed E-state index contributed by atoms with van der Waals surface area (Å²) in [4.78, 5) is 29.2. The zero-order chi connectivity index (χ0) is 19.3. The van der Waals surface area contributed by atoms with E-state index in [9.17, 15) is 14.7 Å². The van der Waals surface area contributed by atoms with Crippen molar-refractivity contribution in [2.24, 2.45) is 24.3 Å². The Kier molecular flexibility index (Phi) is 3.92. The van der Waals surface area contributed by atoms with Crippen molar-refractivity contribution in [1.29, 1.82) is 0 Å². The summed E-state index contributed by atoms with van der Waals surface area (Å²) in [5.74, 6) is -0.234. The van der Waals surface area contributed by atoms with Crippen LogP contribution in [-0.2, 0) is 20.5 Å². The first-order chi connectivity index (χ1) is 12.9. The first kappa shape index (κ1) is 17.2. The van der Waals surface area contributed by atoms with Crippen molar-refractivity contribution in [3.8, 4) is 5.88 Å². The van der Waals surface area contributed by atoms with Crippen LogP contribution in [0.3, 0.4) is 0 Å². The largest absolute Gasteiger partial charge is 0.492 e. The van der Waals surface area contributed by atoms with Gasteiger partial charge in [0.15, 0.2) is 11.2 Å². The molecule has 0 unspecified atom stereocenters. The number of nitrogens with zero attached hydrogens (tertiary/aromatic N) is 6. The Morgan fingerprint density at radius 3 is 2.48 bits per heavy atom. The first-order valence-corrected chi connectivity index (χ1v) is 9.04. The maximum atomic E-state index is 12.5. The normalized spacial score (nSPS) is 12.0. The minimum atomic E-state index is -0.535. The molecule has 4 rings (SSSR count). The van der Waals surface area contributed by atoms with Crippen LogP contribution in [0.1, 0.15) is 12.5 Å². The zero-order valence-corrected chi connectivity index (χ0v) is 15.7. The Balaban J connectivity index is 1.86. The summed E-state index contributed by atoms with van der Waals surface area (Å²) in [6, 6.07) is 7.62. The summed E-state index contributed by atoms with van der Waals surface area (Å²) in [7, 11) is 2.91. The molecule has 1 N–H and O–H groups in total.